The van der Waals surface area contributed by atoms with Crippen LogP contribution >= 0.6 is 11.6 Å². The molecule has 0 atom stereocenters. The van der Waals surface area contributed by atoms with E-state index in [1.807, 2.05) is 21.6 Å². The minimum atomic E-state index is -4.59. The molecule has 260 valence electrons. The molecule has 0 unspecified atom stereocenters. The van der Waals surface area contributed by atoms with E-state index in [9.17, 15) is 27.9 Å². The van der Waals surface area contributed by atoms with E-state index in [1.165, 1.54) is 4.52 Å². The number of piperidine rings is 1. The number of benzene rings is 1. The van der Waals surface area contributed by atoms with Gasteiger partial charge in [0.2, 0.25) is 17.6 Å². The molecule has 3 aliphatic rings. The topological polar surface area (TPSA) is 133 Å². The number of ether oxygens (including phenoxy) is 1. The van der Waals surface area contributed by atoms with Crippen LogP contribution in [-0.4, -0.2) is 87.6 Å². The Balaban J connectivity index is 1.23. The van der Waals surface area contributed by atoms with Crippen LogP contribution in [-0.2, 0) is 28.7 Å². The molecule has 7 rings (SSSR count). The van der Waals surface area contributed by atoms with Crippen LogP contribution in [0, 0.1) is 5.41 Å². The molecule has 4 aromatic rings. The number of hydrogen-bond acceptors (Lipinski definition) is 10. The second-order valence-electron chi connectivity index (χ2n) is 12.7. The molecule has 3 aromatic heterocycles. The van der Waals surface area contributed by atoms with Gasteiger partial charge < -0.3 is 34.4 Å². The normalized spacial score (nSPS) is 17.9. The van der Waals surface area contributed by atoms with Gasteiger partial charge in [0, 0.05) is 50.9 Å². The Kier molecular flexibility index (Phi) is 8.55. The third-order valence-corrected chi connectivity index (χ3v) is 9.92. The molecule has 6 heterocycles. The highest BCUT2D eigenvalue weighted by molar-refractivity contribution is 6.33. The van der Waals surface area contributed by atoms with Gasteiger partial charge in [-0.2, -0.15) is 22.7 Å². The van der Waals surface area contributed by atoms with Gasteiger partial charge in [-0.3, -0.25) is 9.59 Å². The first-order chi connectivity index (χ1) is 23.5. The molecule has 1 amide bonds. The third-order valence-electron chi connectivity index (χ3n) is 9.61. The highest BCUT2D eigenvalue weighted by Gasteiger charge is 2.42. The number of nitrogens with one attached hydrogen (secondary N) is 1. The van der Waals surface area contributed by atoms with Gasteiger partial charge >= 0.3 is 6.18 Å². The van der Waals surface area contributed by atoms with Crippen molar-refractivity contribution < 1.29 is 27.8 Å². The largest absolute Gasteiger partial charge is 0.504 e. The molecule has 13 nitrogen and oxygen atoms in total. The lowest BCUT2D eigenvalue weighted by Gasteiger charge is -2.47. The van der Waals surface area contributed by atoms with E-state index >= 15 is 0 Å². The number of nitrogens with zero attached hydrogens (tertiary/aromatic N) is 8. The minimum absolute atomic E-state index is 0.0216. The zero-order valence-electron chi connectivity index (χ0n) is 26.7. The number of alkyl halides is 3. The Morgan fingerprint density at radius 1 is 1.06 bits per heavy atom. The number of carbonyl (C=O) groups is 1. The molecule has 17 heteroatoms. The average molecular weight is 702 g/mol. The van der Waals surface area contributed by atoms with E-state index < -0.39 is 17.6 Å². The van der Waals surface area contributed by atoms with Gasteiger partial charge in [0.1, 0.15) is 12.2 Å². The van der Waals surface area contributed by atoms with Crippen molar-refractivity contribution in [1.29, 1.82) is 0 Å². The Morgan fingerprint density at radius 2 is 1.78 bits per heavy atom. The fourth-order valence-electron chi connectivity index (χ4n) is 6.81. The van der Waals surface area contributed by atoms with Crippen LogP contribution in [0.5, 0.6) is 5.75 Å². The predicted octanol–water partition coefficient (Wildman–Crippen LogP) is 3.81. The summed E-state index contributed by atoms with van der Waals surface area (Å²) >= 11 is 6.14. The number of carbonyl (C=O) groups excluding carboxylic acids is 1. The van der Waals surface area contributed by atoms with E-state index in [4.69, 9.17) is 21.3 Å². The predicted molar refractivity (Wildman–Crippen MR) is 177 cm³/mol. The second-order valence-corrected chi connectivity index (χ2v) is 13.1. The van der Waals surface area contributed by atoms with Crippen LogP contribution < -0.4 is 25.6 Å². The van der Waals surface area contributed by atoms with E-state index in [-0.39, 0.29) is 39.8 Å². The number of piperazine rings is 1. The van der Waals surface area contributed by atoms with Crippen LogP contribution in [0.4, 0.5) is 36.3 Å². The third kappa shape index (κ3) is 6.23. The van der Waals surface area contributed by atoms with Crippen molar-refractivity contribution in [2.75, 3.05) is 72.5 Å². The molecule has 0 bridgehead atoms. The van der Waals surface area contributed by atoms with E-state index in [1.54, 1.807) is 22.9 Å². The lowest BCUT2D eigenvalue weighted by molar-refractivity contribution is -0.137. The van der Waals surface area contributed by atoms with Crippen molar-refractivity contribution >= 4 is 46.4 Å². The number of halogens is 4. The Bertz CT molecular complexity index is 1940. The molecular formula is C32H35ClF3N9O4. The van der Waals surface area contributed by atoms with Gasteiger partial charge in [-0.1, -0.05) is 18.5 Å². The Hall–Kier alpha value is -4.57. The zero-order chi connectivity index (χ0) is 34.5. The summed E-state index contributed by atoms with van der Waals surface area (Å²) in [5.74, 6) is 0.511. The second kappa shape index (κ2) is 12.7. The number of aromatic hydroxyl groups is 1. The van der Waals surface area contributed by atoms with Gasteiger partial charge in [0.05, 0.1) is 35.2 Å². The summed E-state index contributed by atoms with van der Waals surface area (Å²) in [6.45, 7) is 6.22. The maximum atomic E-state index is 14.2. The van der Waals surface area contributed by atoms with Crippen molar-refractivity contribution in [3.63, 3.8) is 0 Å². The molecule has 0 aliphatic carbocycles. The average Bonchev–Trinajstić information content (AvgIpc) is 3.52. The maximum absolute atomic E-state index is 14.2. The molecule has 3 fully saturated rings. The first kappa shape index (κ1) is 33.0. The lowest BCUT2D eigenvalue weighted by atomic mass is 9.77. The number of aromatic nitrogens is 5. The number of pyridine rings is 1. The van der Waals surface area contributed by atoms with Crippen molar-refractivity contribution in [1.82, 2.24) is 24.1 Å². The molecular weight excluding hydrogens is 667 g/mol. The lowest BCUT2D eigenvalue weighted by Crippen LogP contribution is -2.51. The molecule has 3 aliphatic heterocycles. The first-order valence-corrected chi connectivity index (χ1v) is 16.5. The highest BCUT2D eigenvalue weighted by Crippen LogP contribution is 2.39. The van der Waals surface area contributed by atoms with Crippen LogP contribution in [0.15, 0.2) is 41.3 Å². The summed E-state index contributed by atoms with van der Waals surface area (Å²) in [6.07, 6.45) is -0.799. The van der Waals surface area contributed by atoms with Gasteiger partial charge in [0.25, 0.3) is 5.56 Å². The molecule has 1 aromatic carbocycles. The molecule has 2 N–H and O–H groups in total. The standard InChI is InChI=1S/C32H35ClF3N9O4/c1-2-23-26(41-12-14-42(15-13-41)27-24(46)4-3-9-37-27)28(48)45-30(39-29(40-45)43-10-7-31(8-11-43)18-49-19-31)44(23)17-25(47)38-22-6-5-20(16-21(22)33)32(34,35)36/h3-6,9,16,46H,2,7-8,10-15,17-19H2,1H3,(H,38,47). The quantitative estimate of drug-likeness (QED) is 0.293. The molecule has 49 heavy (non-hydrogen) atoms. The van der Waals surface area contributed by atoms with Crippen molar-refractivity contribution in [3.8, 4) is 5.75 Å². The SMILES string of the molecule is CCc1c(N2CCN(c3ncccc3O)CC2)c(=O)n2nc(N3CCC4(CC3)COC4)nc2n1CC(=O)Nc1ccc(C(F)(F)F)cc1Cl. The van der Waals surface area contributed by atoms with E-state index in [2.05, 4.69) is 15.4 Å². The molecule has 0 radical (unpaired) electrons. The van der Waals surface area contributed by atoms with E-state index in [0.29, 0.717) is 68.8 Å². The number of amides is 1. The monoisotopic (exact) mass is 701 g/mol. The van der Waals surface area contributed by atoms with Gasteiger partial charge in [-0.25, -0.2) is 4.98 Å². The Labute approximate surface area is 283 Å². The summed E-state index contributed by atoms with van der Waals surface area (Å²) in [7, 11) is 0. The van der Waals surface area contributed by atoms with Gasteiger partial charge in [-0.05, 0) is 49.6 Å². The fourth-order valence-corrected chi connectivity index (χ4v) is 7.04. The number of hydrogen-bond donors (Lipinski definition) is 2. The summed E-state index contributed by atoms with van der Waals surface area (Å²) < 4.78 is 48.0. The summed E-state index contributed by atoms with van der Waals surface area (Å²) in [5.41, 5.74) is -0.174. The van der Waals surface area contributed by atoms with Crippen molar-refractivity contribution in [3.05, 3.63) is 63.2 Å². The summed E-state index contributed by atoms with van der Waals surface area (Å²) in [6, 6.07) is 5.95. The van der Waals surface area contributed by atoms with Crippen LogP contribution in [0.3, 0.4) is 0 Å². The summed E-state index contributed by atoms with van der Waals surface area (Å²) in [4.78, 5) is 42.8. The van der Waals surface area contributed by atoms with Gasteiger partial charge in [-0.15, -0.1) is 5.10 Å². The van der Waals surface area contributed by atoms with E-state index in [0.717, 1.165) is 44.3 Å². The molecule has 1 spiro atoms. The van der Waals surface area contributed by atoms with Crippen molar-refractivity contribution in [2.24, 2.45) is 5.41 Å². The van der Waals surface area contributed by atoms with Crippen LogP contribution in [0.25, 0.3) is 5.78 Å². The smallest absolute Gasteiger partial charge is 0.416 e. The number of fused-ring (bicyclic) bond motifs is 1. The van der Waals surface area contributed by atoms with Crippen molar-refractivity contribution in [2.45, 2.75) is 38.9 Å². The van der Waals surface area contributed by atoms with Crippen LogP contribution in [0.2, 0.25) is 5.02 Å². The fraction of sp³-hybridized carbons (Fsp3) is 0.469. The highest BCUT2D eigenvalue weighted by atomic mass is 35.5. The minimum Gasteiger partial charge on any atom is -0.504 e. The van der Waals surface area contributed by atoms with Crippen LogP contribution in [0.1, 0.15) is 31.0 Å². The first-order valence-electron chi connectivity index (χ1n) is 16.1. The number of rotatable bonds is 7. The van der Waals surface area contributed by atoms with Gasteiger partial charge in [0.15, 0.2) is 11.6 Å². The zero-order valence-corrected chi connectivity index (χ0v) is 27.5. The number of anilines is 4. The maximum Gasteiger partial charge on any atom is 0.416 e. The molecule has 0 saturated carbocycles. The summed E-state index contributed by atoms with van der Waals surface area (Å²) in [5, 5.41) is 17.4. The molecule has 3 saturated heterocycles. The Morgan fingerprint density at radius 3 is 2.39 bits per heavy atom.